The van der Waals surface area contributed by atoms with Crippen LogP contribution in [0.15, 0.2) is 42.6 Å². The van der Waals surface area contributed by atoms with E-state index in [0.29, 0.717) is 5.41 Å². The van der Waals surface area contributed by atoms with Crippen molar-refractivity contribution in [2.45, 2.75) is 64.7 Å². The van der Waals surface area contributed by atoms with Gasteiger partial charge in [-0.15, -0.1) is 0 Å². The van der Waals surface area contributed by atoms with Gasteiger partial charge in [-0.3, -0.25) is 0 Å². The van der Waals surface area contributed by atoms with Gasteiger partial charge in [-0.2, -0.15) is 0 Å². The van der Waals surface area contributed by atoms with Gasteiger partial charge in [0.05, 0.1) is 0 Å². The van der Waals surface area contributed by atoms with Crippen LogP contribution >= 0.6 is 0 Å². The fraction of sp³-hybridized carbons (Fsp3) is 0.636. The molecule has 126 valence electrons. The Hall–Kier alpha value is -1.24. The highest BCUT2D eigenvalue weighted by Gasteiger charge is 2.42. The van der Waals surface area contributed by atoms with Crippen molar-refractivity contribution in [1.82, 2.24) is 4.90 Å². The molecule has 1 heteroatoms. The smallest absolute Gasteiger partial charge is 0.0180 e. The number of rotatable bonds is 4. The summed E-state index contributed by atoms with van der Waals surface area (Å²) in [6, 6.07) is 11.3. The first kappa shape index (κ1) is 16.6. The first-order chi connectivity index (χ1) is 11.1. The van der Waals surface area contributed by atoms with Crippen molar-refractivity contribution in [2.75, 3.05) is 13.1 Å². The number of piperidine rings is 1. The van der Waals surface area contributed by atoms with Crippen LogP contribution in [0.5, 0.6) is 0 Å². The van der Waals surface area contributed by atoms with Gasteiger partial charge in [0.1, 0.15) is 0 Å². The Morgan fingerprint density at radius 2 is 1.87 bits per heavy atom. The van der Waals surface area contributed by atoms with Crippen molar-refractivity contribution in [1.29, 1.82) is 0 Å². The summed E-state index contributed by atoms with van der Waals surface area (Å²) in [6.07, 6.45) is 9.75. The van der Waals surface area contributed by atoms with E-state index >= 15 is 0 Å². The van der Waals surface area contributed by atoms with Crippen molar-refractivity contribution < 1.29 is 0 Å². The van der Waals surface area contributed by atoms with E-state index in [1.54, 1.807) is 5.56 Å². The van der Waals surface area contributed by atoms with Gasteiger partial charge in [0.2, 0.25) is 0 Å². The Bertz CT molecular complexity index is 510. The maximum Gasteiger partial charge on any atom is 0.0180 e. The molecule has 2 fully saturated rings. The number of hydrogen-bond donors (Lipinski definition) is 0. The Morgan fingerprint density at radius 1 is 1.17 bits per heavy atom. The third-order valence-corrected chi connectivity index (χ3v) is 6.35. The quantitative estimate of drug-likeness (QED) is 0.660. The zero-order valence-corrected chi connectivity index (χ0v) is 15.1. The van der Waals surface area contributed by atoms with Crippen LogP contribution in [0.4, 0.5) is 0 Å². The lowest BCUT2D eigenvalue weighted by Gasteiger charge is -2.50. The van der Waals surface area contributed by atoms with Gasteiger partial charge in [-0.25, -0.2) is 0 Å². The molecule has 0 radical (unpaired) electrons. The molecule has 1 aromatic rings. The topological polar surface area (TPSA) is 3.24 Å². The van der Waals surface area contributed by atoms with Crippen molar-refractivity contribution in [3.05, 3.63) is 48.2 Å². The van der Waals surface area contributed by atoms with Gasteiger partial charge in [0.25, 0.3) is 0 Å². The SMILES string of the molecule is C=C(C)N1CCC2(CC1)CC(CCC)CC(c1ccccc1)C2. The molecule has 1 saturated heterocycles. The molecule has 2 unspecified atom stereocenters. The molecular weight excluding hydrogens is 278 g/mol. The first-order valence-corrected chi connectivity index (χ1v) is 9.57. The lowest BCUT2D eigenvalue weighted by molar-refractivity contribution is 0.0445. The lowest BCUT2D eigenvalue weighted by Crippen LogP contribution is -2.43. The van der Waals surface area contributed by atoms with Crippen LogP contribution in [0.1, 0.15) is 70.3 Å². The number of nitrogens with zero attached hydrogens (tertiary/aromatic N) is 1. The van der Waals surface area contributed by atoms with E-state index in [1.807, 2.05) is 0 Å². The van der Waals surface area contributed by atoms with Crippen LogP contribution in [0.25, 0.3) is 0 Å². The molecule has 1 nitrogen and oxygen atoms in total. The summed E-state index contributed by atoms with van der Waals surface area (Å²) in [5.74, 6) is 1.70. The van der Waals surface area contributed by atoms with Gasteiger partial charge >= 0.3 is 0 Å². The van der Waals surface area contributed by atoms with Gasteiger partial charge < -0.3 is 4.90 Å². The predicted octanol–water partition coefficient (Wildman–Crippen LogP) is 5.99. The number of hydrogen-bond acceptors (Lipinski definition) is 1. The minimum Gasteiger partial charge on any atom is -0.375 e. The van der Waals surface area contributed by atoms with E-state index in [-0.39, 0.29) is 0 Å². The molecule has 2 atom stereocenters. The average Bonchev–Trinajstić information content (AvgIpc) is 2.56. The summed E-state index contributed by atoms with van der Waals surface area (Å²) in [7, 11) is 0. The van der Waals surface area contributed by atoms with E-state index in [2.05, 4.69) is 55.7 Å². The Labute approximate surface area is 142 Å². The molecule has 1 aliphatic heterocycles. The normalized spacial score (nSPS) is 27.1. The summed E-state index contributed by atoms with van der Waals surface area (Å²) in [5.41, 5.74) is 3.42. The van der Waals surface area contributed by atoms with Crippen LogP contribution in [0.2, 0.25) is 0 Å². The number of benzene rings is 1. The van der Waals surface area contributed by atoms with Crippen molar-refractivity contribution in [2.24, 2.45) is 11.3 Å². The molecule has 1 spiro atoms. The largest absolute Gasteiger partial charge is 0.375 e. The van der Waals surface area contributed by atoms with Gasteiger partial charge in [0.15, 0.2) is 0 Å². The van der Waals surface area contributed by atoms with E-state index in [0.717, 1.165) is 11.8 Å². The molecule has 0 bridgehead atoms. The molecular formula is C22H33N. The zero-order chi connectivity index (χ0) is 16.3. The van der Waals surface area contributed by atoms with Crippen molar-refractivity contribution in [3.63, 3.8) is 0 Å². The molecule has 1 aromatic carbocycles. The summed E-state index contributed by atoms with van der Waals surface area (Å²) >= 11 is 0. The molecule has 0 aromatic heterocycles. The Kier molecular flexibility index (Phi) is 5.14. The van der Waals surface area contributed by atoms with Gasteiger partial charge in [-0.1, -0.05) is 56.7 Å². The fourth-order valence-corrected chi connectivity index (χ4v) is 5.17. The van der Waals surface area contributed by atoms with E-state index < -0.39 is 0 Å². The summed E-state index contributed by atoms with van der Waals surface area (Å²) in [6.45, 7) is 11.1. The minimum absolute atomic E-state index is 0.588. The molecule has 1 saturated carbocycles. The molecule has 0 amide bonds. The van der Waals surface area contributed by atoms with Crippen molar-refractivity contribution in [3.8, 4) is 0 Å². The Morgan fingerprint density at radius 3 is 2.48 bits per heavy atom. The maximum absolute atomic E-state index is 4.15. The highest BCUT2D eigenvalue weighted by atomic mass is 15.1. The highest BCUT2D eigenvalue weighted by molar-refractivity contribution is 5.21. The summed E-state index contributed by atoms with van der Waals surface area (Å²) < 4.78 is 0. The zero-order valence-electron chi connectivity index (χ0n) is 15.1. The third-order valence-electron chi connectivity index (χ3n) is 6.35. The second-order valence-corrected chi connectivity index (χ2v) is 8.13. The number of allylic oxidation sites excluding steroid dienone is 1. The molecule has 3 rings (SSSR count). The second-order valence-electron chi connectivity index (χ2n) is 8.13. The number of likely N-dealkylation sites (tertiary alicyclic amines) is 1. The van der Waals surface area contributed by atoms with Crippen LogP contribution in [0.3, 0.4) is 0 Å². The summed E-state index contributed by atoms with van der Waals surface area (Å²) in [5, 5.41) is 0. The van der Waals surface area contributed by atoms with Crippen LogP contribution < -0.4 is 0 Å². The van der Waals surface area contributed by atoms with Crippen LogP contribution in [-0.4, -0.2) is 18.0 Å². The van der Waals surface area contributed by atoms with Gasteiger partial charge in [-0.05, 0) is 61.8 Å². The average molecular weight is 312 g/mol. The van der Waals surface area contributed by atoms with Crippen LogP contribution in [-0.2, 0) is 0 Å². The van der Waals surface area contributed by atoms with E-state index in [4.69, 9.17) is 0 Å². The van der Waals surface area contributed by atoms with Crippen molar-refractivity contribution >= 4 is 0 Å². The van der Waals surface area contributed by atoms with Crippen LogP contribution in [0, 0.1) is 11.3 Å². The van der Waals surface area contributed by atoms with E-state index in [1.165, 1.54) is 63.7 Å². The Balaban J connectivity index is 1.76. The molecule has 0 N–H and O–H groups in total. The minimum atomic E-state index is 0.588. The standard InChI is InChI=1S/C22H33N/c1-4-8-19-15-21(20-9-6-5-7-10-20)17-22(16-19)11-13-23(14-12-22)18(2)3/h5-7,9-10,19,21H,2,4,8,11-17H2,1,3H3. The molecule has 1 aliphatic carbocycles. The lowest BCUT2D eigenvalue weighted by atomic mass is 9.59. The predicted molar refractivity (Wildman–Crippen MR) is 99.5 cm³/mol. The second kappa shape index (κ2) is 7.11. The summed E-state index contributed by atoms with van der Waals surface area (Å²) in [4.78, 5) is 2.49. The van der Waals surface area contributed by atoms with E-state index in [9.17, 15) is 0 Å². The first-order valence-electron chi connectivity index (χ1n) is 9.57. The molecule has 2 aliphatic rings. The highest BCUT2D eigenvalue weighted by Crippen LogP contribution is 2.53. The molecule has 1 heterocycles. The third kappa shape index (κ3) is 3.82. The van der Waals surface area contributed by atoms with Gasteiger partial charge in [0, 0.05) is 18.8 Å². The fourth-order valence-electron chi connectivity index (χ4n) is 5.17. The molecule has 23 heavy (non-hydrogen) atoms. The maximum atomic E-state index is 4.15. The monoisotopic (exact) mass is 311 g/mol.